The van der Waals surface area contributed by atoms with E-state index in [0.717, 1.165) is 10.5 Å². The molecule has 13 heteroatoms. The molecule has 1 saturated heterocycles. The van der Waals surface area contributed by atoms with Gasteiger partial charge in [0.1, 0.15) is 18.0 Å². The number of ether oxygens (including phenoxy) is 3. The summed E-state index contributed by atoms with van der Waals surface area (Å²) in [5.74, 6) is -11.9. The Morgan fingerprint density at radius 3 is 1.82 bits per heavy atom. The predicted molar refractivity (Wildman–Crippen MR) is 173 cm³/mol. The zero-order valence-corrected chi connectivity index (χ0v) is 27.4. The van der Waals surface area contributed by atoms with Crippen molar-refractivity contribution in [3.63, 3.8) is 0 Å². The monoisotopic (exact) mass is 677 g/mol. The summed E-state index contributed by atoms with van der Waals surface area (Å²) in [6.45, 7) is 4.59. The van der Waals surface area contributed by atoms with Gasteiger partial charge in [0, 0.05) is 17.4 Å². The third-order valence-electron chi connectivity index (χ3n) is 8.71. The average Bonchev–Trinajstić information content (AvgIpc) is 3.45. The van der Waals surface area contributed by atoms with Crippen molar-refractivity contribution in [1.29, 1.82) is 0 Å². The van der Waals surface area contributed by atoms with Crippen LogP contribution < -0.4 is 4.74 Å². The van der Waals surface area contributed by atoms with Crippen molar-refractivity contribution in [2.45, 2.75) is 70.0 Å². The minimum atomic E-state index is -3.56. The van der Waals surface area contributed by atoms with Crippen LogP contribution in [0.25, 0.3) is 0 Å². The molecule has 0 saturated carbocycles. The van der Waals surface area contributed by atoms with Gasteiger partial charge in [0.2, 0.25) is 5.60 Å². The Hall–Kier alpha value is -5.27. The number of carbonyl (C=O) groups is 5. The van der Waals surface area contributed by atoms with Crippen LogP contribution in [0.3, 0.4) is 0 Å². The smallest absolute Gasteiger partial charge is 0.377 e. The first kappa shape index (κ1) is 36.6. The number of nitrogens with zero attached hydrogens (tertiary/aromatic N) is 1. The van der Waals surface area contributed by atoms with Crippen LogP contribution >= 0.6 is 0 Å². The third kappa shape index (κ3) is 7.42. The highest BCUT2D eigenvalue weighted by Crippen LogP contribution is 2.49. The predicted octanol–water partition coefficient (Wildman–Crippen LogP) is 4.65. The maximum absolute atomic E-state index is 14.5. The second kappa shape index (κ2) is 14.5. The van der Waals surface area contributed by atoms with Gasteiger partial charge < -0.3 is 39.5 Å². The fraction of sp³-hybridized carbons (Fsp3) is 0.361. The summed E-state index contributed by atoms with van der Waals surface area (Å²) < 4.78 is 16.6. The van der Waals surface area contributed by atoms with E-state index in [4.69, 9.17) is 14.2 Å². The lowest BCUT2D eigenvalue weighted by atomic mass is 9.72. The van der Waals surface area contributed by atoms with E-state index in [1.807, 2.05) is 48.5 Å². The Morgan fingerprint density at radius 2 is 1.33 bits per heavy atom. The number of carboxylic acid groups (broad SMARTS) is 4. The molecule has 3 aromatic rings. The highest BCUT2D eigenvalue weighted by atomic mass is 16.8. The van der Waals surface area contributed by atoms with E-state index in [2.05, 4.69) is 0 Å². The highest BCUT2D eigenvalue weighted by Gasteiger charge is 2.75. The Balaban J connectivity index is 1.79. The summed E-state index contributed by atoms with van der Waals surface area (Å²) in [4.78, 5) is 65.0. The molecule has 0 aromatic heterocycles. The van der Waals surface area contributed by atoms with Crippen LogP contribution in [0.4, 0.5) is 0 Å². The summed E-state index contributed by atoms with van der Waals surface area (Å²) in [7, 11) is 0. The lowest BCUT2D eigenvalue weighted by Crippen LogP contribution is -2.63. The standard InChI is InChI=1S/C36H39NO12/c1-22(27(20-15-23-11-7-5-8-12-23)24-16-18-26(19-17-24)47-25-13-9-6-10-14-25)37(21-28(38)39)30(40)29-35(31(41)42,34(2,3)4)49-36(48-29,32(43)44)33(45)46/h5-14,16-19,22,27,29H,15,20-21H2,1-4H3,(H,38,39)(H,41,42)(H,43,44)(H,45,46)/t22-,27+,29-,35+/m1/s1. The maximum atomic E-state index is 14.5. The minimum absolute atomic E-state index is 0.396. The first-order valence-corrected chi connectivity index (χ1v) is 15.5. The summed E-state index contributed by atoms with van der Waals surface area (Å²) in [5.41, 5.74) is -2.82. The van der Waals surface area contributed by atoms with Crippen molar-refractivity contribution in [3.8, 4) is 11.5 Å². The first-order valence-electron chi connectivity index (χ1n) is 15.5. The van der Waals surface area contributed by atoms with Crippen molar-refractivity contribution < 1.29 is 58.6 Å². The number of aliphatic carboxylic acids is 4. The van der Waals surface area contributed by atoms with Crippen LogP contribution in [0.15, 0.2) is 84.9 Å². The van der Waals surface area contributed by atoms with Gasteiger partial charge >= 0.3 is 29.7 Å². The zero-order chi connectivity index (χ0) is 36.1. The van der Waals surface area contributed by atoms with E-state index in [9.17, 15) is 44.4 Å². The molecule has 1 aliphatic rings. The fourth-order valence-corrected chi connectivity index (χ4v) is 6.08. The quantitative estimate of drug-likeness (QED) is 0.173. The van der Waals surface area contributed by atoms with Crippen molar-refractivity contribution >= 4 is 29.8 Å². The average molecular weight is 678 g/mol. The third-order valence-corrected chi connectivity index (χ3v) is 8.71. The molecule has 3 aromatic carbocycles. The molecule has 260 valence electrons. The number of carbonyl (C=O) groups excluding carboxylic acids is 1. The number of rotatable bonds is 14. The molecule has 13 nitrogen and oxygen atoms in total. The van der Waals surface area contributed by atoms with Crippen molar-refractivity contribution in [3.05, 3.63) is 96.1 Å². The van der Waals surface area contributed by atoms with Gasteiger partial charge in [-0.05, 0) is 55.2 Å². The van der Waals surface area contributed by atoms with Gasteiger partial charge in [-0.2, -0.15) is 0 Å². The highest BCUT2D eigenvalue weighted by molar-refractivity contribution is 6.03. The molecule has 4 N–H and O–H groups in total. The number of amides is 1. The minimum Gasteiger partial charge on any atom is -0.480 e. The van der Waals surface area contributed by atoms with Gasteiger partial charge in [0.05, 0.1) is 0 Å². The first-order chi connectivity index (χ1) is 23.0. The molecule has 4 rings (SSSR count). The summed E-state index contributed by atoms with van der Waals surface area (Å²) in [5, 5.41) is 40.2. The largest absolute Gasteiger partial charge is 0.480 e. The van der Waals surface area contributed by atoms with Gasteiger partial charge in [-0.25, -0.2) is 14.4 Å². The Kier molecular flexibility index (Phi) is 10.8. The lowest BCUT2D eigenvalue weighted by molar-refractivity contribution is -0.233. The molecule has 1 amide bonds. The van der Waals surface area contributed by atoms with Crippen LogP contribution in [-0.4, -0.2) is 85.2 Å². The molecule has 0 aliphatic carbocycles. The van der Waals surface area contributed by atoms with Crippen LogP contribution in [0.2, 0.25) is 0 Å². The number of hydrogen-bond donors (Lipinski definition) is 4. The van der Waals surface area contributed by atoms with E-state index in [-0.39, 0.29) is 0 Å². The number of hydrogen-bond acceptors (Lipinski definition) is 8. The topological polar surface area (TPSA) is 197 Å². The normalized spacial score (nSPS) is 19.7. The summed E-state index contributed by atoms with van der Waals surface area (Å²) >= 11 is 0. The van der Waals surface area contributed by atoms with Crippen LogP contribution in [-0.2, 0) is 39.9 Å². The molecule has 1 heterocycles. The second-order valence-electron chi connectivity index (χ2n) is 12.8. The van der Waals surface area contributed by atoms with Crippen LogP contribution in [0.1, 0.15) is 51.2 Å². The van der Waals surface area contributed by atoms with E-state index in [1.165, 1.54) is 20.8 Å². The van der Waals surface area contributed by atoms with Gasteiger partial charge in [0.15, 0.2) is 6.10 Å². The van der Waals surface area contributed by atoms with E-state index >= 15 is 0 Å². The molecule has 49 heavy (non-hydrogen) atoms. The molecule has 1 fully saturated rings. The van der Waals surface area contributed by atoms with Gasteiger partial charge in [-0.1, -0.05) is 81.4 Å². The number of aryl methyl sites for hydroxylation is 1. The Morgan fingerprint density at radius 1 is 0.796 bits per heavy atom. The zero-order valence-electron chi connectivity index (χ0n) is 27.4. The maximum Gasteiger partial charge on any atom is 0.377 e. The fourth-order valence-electron chi connectivity index (χ4n) is 6.08. The van der Waals surface area contributed by atoms with Crippen molar-refractivity contribution in [2.24, 2.45) is 5.41 Å². The number of carboxylic acids is 4. The molecular formula is C36H39NO12. The number of para-hydroxylation sites is 1. The van der Waals surface area contributed by atoms with Gasteiger partial charge in [-0.15, -0.1) is 0 Å². The Labute approximate surface area is 282 Å². The van der Waals surface area contributed by atoms with Crippen molar-refractivity contribution in [1.82, 2.24) is 4.90 Å². The van der Waals surface area contributed by atoms with Gasteiger partial charge in [0.25, 0.3) is 5.91 Å². The Bertz CT molecular complexity index is 1660. The molecule has 0 unspecified atom stereocenters. The lowest BCUT2D eigenvalue weighted by Gasteiger charge is -2.42. The molecule has 0 spiro atoms. The van der Waals surface area contributed by atoms with E-state index < -0.39 is 71.2 Å². The van der Waals surface area contributed by atoms with Gasteiger partial charge in [-0.3, -0.25) is 9.59 Å². The molecule has 0 radical (unpaired) electrons. The molecule has 4 atom stereocenters. The molecular weight excluding hydrogens is 638 g/mol. The van der Waals surface area contributed by atoms with Crippen LogP contribution in [0.5, 0.6) is 11.5 Å². The summed E-state index contributed by atoms with van der Waals surface area (Å²) in [6, 6.07) is 24.6. The summed E-state index contributed by atoms with van der Waals surface area (Å²) in [6.07, 6.45) is -1.46. The SMILES string of the molecule is C[C@H]([C@H](CCc1ccccc1)c1ccc(Oc2ccccc2)cc1)N(CC(=O)O)C(=O)[C@H]1OC(C(=O)O)(C(=O)O)O[C@@]1(C(=O)O)C(C)(C)C. The van der Waals surface area contributed by atoms with E-state index in [0.29, 0.717) is 29.9 Å². The van der Waals surface area contributed by atoms with Crippen LogP contribution in [0, 0.1) is 5.41 Å². The second-order valence-corrected chi connectivity index (χ2v) is 12.8. The van der Waals surface area contributed by atoms with E-state index in [1.54, 1.807) is 43.3 Å². The molecule has 0 bridgehead atoms. The van der Waals surface area contributed by atoms with Crippen molar-refractivity contribution in [2.75, 3.05) is 6.54 Å². The molecule has 1 aliphatic heterocycles. The number of benzene rings is 3.